The van der Waals surface area contributed by atoms with Crippen molar-refractivity contribution in [3.63, 3.8) is 0 Å². The molecule has 26 heavy (non-hydrogen) atoms. The van der Waals surface area contributed by atoms with Crippen LogP contribution in [0.3, 0.4) is 0 Å². The summed E-state index contributed by atoms with van der Waals surface area (Å²) in [6.45, 7) is 2.68. The van der Waals surface area contributed by atoms with Crippen LogP contribution in [-0.4, -0.2) is 23.2 Å². The van der Waals surface area contributed by atoms with Gasteiger partial charge in [0.15, 0.2) is 0 Å². The SMILES string of the molecule is CC(CNC(=O)CSCc1ccc(C#N)cc1)c1nc2ccccc2s1. The van der Waals surface area contributed by atoms with Crippen LogP contribution in [0.1, 0.15) is 29.0 Å². The predicted octanol–water partition coefficient (Wildman–Crippen LogP) is 4.32. The molecule has 0 bridgehead atoms. The molecular formula is C20H19N3OS2. The highest BCUT2D eigenvalue weighted by Gasteiger charge is 2.12. The van der Waals surface area contributed by atoms with Gasteiger partial charge in [-0.25, -0.2) is 4.98 Å². The first-order valence-electron chi connectivity index (χ1n) is 8.34. The summed E-state index contributed by atoms with van der Waals surface area (Å²) in [4.78, 5) is 16.7. The summed E-state index contributed by atoms with van der Waals surface area (Å²) in [5, 5.41) is 12.8. The molecule has 0 spiro atoms. The van der Waals surface area contributed by atoms with Crippen LogP contribution in [0.2, 0.25) is 0 Å². The Kier molecular flexibility index (Phi) is 6.26. The lowest BCUT2D eigenvalue weighted by molar-refractivity contribution is -0.118. The number of thioether (sulfide) groups is 1. The van der Waals surface area contributed by atoms with Gasteiger partial charge in [-0.1, -0.05) is 31.2 Å². The van der Waals surface area contributed by atoms with Gasteiger partial charge in [-0.2, -0.15) is 5.26 Å². The number of hydrogen-bond donors (Lipinski definition) is 1. The molecule has 1 aromatic heterocycles. The van der Waals surface area contributed by atoms with Crippen LogP contribution in [0, 0.1) is 11.3 Å². The third-order valence-corrected chi connectivity index (χ3v) is 6.19. The van der Waals surface area contributed by atoms with Crippen LogP contribution < -0.4 is 5.32 Å². The van der Waals surface area contributed by atoms with E-state index in [2.05, 4.69) is 29.4 Å². The summed E-state index contributed by atoms with van der Waals surface area (Å²) in [6, 6.07) is 17.7. The van der Waals surface area contributed by atoms with Crippen molar-refractivity contribution in [2.24, 2.45) is 0 Å². The Morgan fingerprint density at radius 2 is 2.04 bits per heavy atom. The summed E-state index contributed by atoms with van der Waals surface area (Å²) < 4.78 is 1.18. The maximum atomic E-state index is 12.0. The summed E-state index contributed by atoms with van der Waals surface area (Å²) >= 11 is 3.26. The fourth-order valence-corrected chi connectivity index (χ4v) is 4.28. The molecule has 1 heterocycles. The lowest BCUT2D eigenvalue weighted by Crippen LogP contribution is -2.29. The van der Waals surface area contributed by atoms with Crippen LogP contribution in [-0.2, 0) is 10.5 Å². The zero-order valence-electron chi connectivity index (χ0n) is 14.4. The molecule has 6 heteroatoms. The van der Waals surface area contributed by atoms with Gasteiger partial charge >= 0.3 is 0 Å². The van der Waals surface area contributed by atoms with Gasteiger partial charge in [-0.3, -0.25) is 4.79 Å². The van der Waals surface area contributed by atoms with Gasteiger partial charge in [-0.05, 0) is 29.8 Å². The van der Waals surface area contributed by atoms with Gasteiger partial charge in [0.1, 0.15) is 0 Å². The van der Waals surface area contributed by atoms with E-state index in [9.17, 15) is 4.79 Å². The Hall–Kier alpha value is -2.36. The van der Waals surface area contributed by atoms with Gasteiger partial charge < -0.3 is 5.32 Å². The summed E-state index contributed by atoms with van der Waals surface area (Å²) in [5.74, 6) is 1.41. The molecule has 0 radical (unpaired) electrons. The van der Waals surface area contributed by atoms with E-state index in [0.717, 1.165) is 21.8 Å². The van der Waals surface area contributed by atoms with E-state index < -0.39 is 0 Å². The molecule has 0 aliphatic heterocycles. The lowest BCUT2D eigenvalue weighted by Gasteiger charge is -2.10. The second-order valence-electron chi connectivity index (χ2n) is 6.03. The molecule has 4 nitrogen and oxygen atoms in total. The van der Waals surface area contributed by atoms with Gasteiger partial charge in [0.25, 0.3) is 0 Å². The average molecular weight is 382 g/mol. The number of nitrogens with one attached hydrogen (secondary N) is 1. The summed E-state index contributed by atoms with van der Waals surface area (Å²) in [5.41, 5.74) is 2.79. The molecule has 132 valence electrons. The highest BCUT2D eigenvalue weighted by atomic mass is 32.2. The van der Waals surface area contributed by atoms with Crippen molar-refractivity contribution in [1.29, 1.82) is 5.26 Å². The van der Waals surface area contributed by atoms with Gasteiger partial charge in [0.05, 0.1) is 32.6 Å². The number of hydrogen-bond acceptors (Lipinski definition) is 5. The quantitative estimate of drug-likeness (QED) is 0.662. The number of carbonyl (C=O) groups excluding carboxylic acids is 1. The Balaban J connectivity index is 1.42. The number of rotatable bonds is 7. The molecule has 1 amide bonds. The third kappa shape index (κ3) is 4.84. The summed E-state index contributed by atoms with van der Waals surface area (Å²) in [7, 11) is 0. The predicted molar refractivity (Wildman–Crippen MR) is 108 cm³/mol. The molecular weight excluding hydrogens is 362 g/mol. The number of amides is 1. The van der Waals surface area contributed by atoms with Crippen molar-refractivity contribution in [3.05, 3.63) is 64.7 Å². The van der Waals surface area contributed by atoms with Gasteiger partial charge in [0.2, 0.25) is 5.91 Å². The molecule has 0 fully saturated rings. The Labute approximate surface area is 161 Å². The van der Waals surface area contributed by atoms with Crippen molar-refractivity contribution in [1.82, 2.24) is 10.3 Å². The maximum absolute atomic E-state index is 12.0. The highest BCUT2D eigenvalue weighted by molar-refractivity contribution is 7.99. The number of fused-ring (bicyclic) bond motifs is 1. The number of nitriles is 1. The Bertz CT molecular complexity index is 895. The standard InChI is InChI=1S/C20H19N3OS2/c1-14(20-23-17-4-2-3-5-18(17)26-20)11-22-19(24)13-25-12-16-8-6-15(10-21)7-9-16/h2-9,14H,11-13H2,1H3,(H,22,24). The van der Waals surface area contributed by atoms with E-state index in [0.29, 0.717) is 17.9 Å². The molecule has 0 aliphatic rings. The molecule has 2 aromatic carbocycles. The van der Waals surface area contributed by atoms with E-state index >= 15 is 0 Å². The van der Waals surface area contributed by atoms with E-state index in [1.165, 1.54) is 4.70 Å². The zero-order valence-corrected chi connectivity index (χ0v) is 16.1. The zero-order chi connectivity index (χ0) is 18.4. The first-order valence-corrected chi connectivity index (χ1v) is 10.3. The Morgan fingerprint density at radius 1 is 1.27 bits per heavy atom. The minimum Gasteiger partial charge on any atom is -0.355 e. The van der Waals surface area contributed by atoms with Crippen LogP contribution in [0.4, 0.5) is 0 Å². The molecule has 1 N–H and O–H groups in total. The molecule has 0 saturated heterocycles. The molecule has 1 atom stereocenters. The van der Waals surface area contributed by atoms with Crippen LogP contribution in [0.25, 0.3) is 10.2 Å². The highest BCUT2D eigenvalue weighted by Crippen LogP contribution is 2.26. The molecule has 0 aliphatic carbocycles. The van der Waals surface area contributed by atoms with Gasteiger partial charge in [0, 0.05) is 18.2 Å². The van der Waals surface area contributed by atoms with Crippen LogP contribution in [0.5, 0.6) is 0 Å². The second kappa shape index (κ2) is 8.84. The minimum atomic E-state index is 0.0385. The van der Waals surface area contributed by atoms with Crippen molar-refractivity contribution in [3.8, 4) is 6.07 Å². The first kappa shape index (κ1) is 18.4. The van der Waals surface area contributed by atoms with Crippen LogP contribution in [0.15, 0.2) is 48.5 Å². The number of nitrogens with zero attached hydrogens (tertiary/aromatic N) is 2. The van der Waals surface area contributed by atoms with E-state index in [-0.39, 0.29) is 11.8 Å². The van der Waals surface area contributed by atoms with E-state index in [1.807, 2.05) is 30.3 Å². The smallest absolute Gasteiger partial charge is 0.230 e. The molecule has 1 unspecified atom stereocenters. The normalized spacial score (nSPS) is 11.8. The fraction of sp³-hybridized carbons (Fsp3) is 0.250. The lowest BCUT2D eigenvalue weighted by atomic mass is 10.2. The first-order chi connectivity index (χ1) is 12.7. The molecule has 0 saturated carbocycles. The number of benzene rings is 2. The molecule has 3 aromatic rings. The monoisotopic (exact) mass is 381 g/mol. The number of aromatic nitrogens is 1. The van der Waals surface area contributed by atoms with Crippen molar-refractivity contribution in [2.75, 3.05) is 12.3 Å². The van der Waals surface area contributed by atoms with E-state index in [4.69, 9.17) is 5.26 Å². The average Bonchev–Trinajstić information content (AvgIpc) is 3.11. The number of thiazole rings is 1. The van der Waals surface area contributed by atoms with Gasteiger partial charge in [-0.15, -0.1) is 23.1 Å². The molecule has 3 rings (SSSR count). The second-order valence-corrected chi connectivity index (χ2v) is 8.07. The van der Waals surface area contributed by atoms with Crippen molar-refractivity contribution in [2.45, 2.75) is 18.6 Å². The van der Waals surface area contributed by atoms with Crippen LogP contribution >= 0.6 is 23.1 Å². The number of para-hydroxylation sites is 1. The van der Waals surface area contributed by atoms with Crippen molar-refractivity contribution < 1.29 is 4.79 Å². The fourth-order valence-electron chi connectivity index (χ4n) is 2.44. The van der Waals surface area contributed by atoms with Crippen molar-refractivity contribution >= 4 is 39.2 Å². The van der Waals surface area contributed by atoms with E-state index in [1.54, 1.807) is 35.2 Å². The minimum absolute atomic E-state index is 0.0385. The number of carbonyl (C=O) groups is 1. The largest absolute Gasteiger partial charge is 0.355 e. The third-order valence-electron chi connectivity index (χ3n) is 3.92. The Morgan fingerprint density at radius 3 is 2.77 bits per heavy atom. The topological polar surface area (TPSA) is 65.8 Å². The maximum Gasteiger partial charge on any atom is 0.230 e. The summed E-state index contributed by atoms with van der Waals surface area (Å²) in [6.07, 6.45) is 0.